The van der Waals surface area contributed by atoms with Crippen LogP contribution in [-0.4, -0.2) is 27.1 Å². The van der Waals surface area contributed by atoms with E-state index in [2.05, 4.69) is 6.92 Å². The molecule has 0 N–H and O–H groups in total. The number of carbonyl (C=O) groups is 1. The molecule has 0 fully saturated rings. The Morgan fingerprint density at radius 2 is 1.67 bits per heavy atom. The Bertz CT molecular complexity index is 778. The maximum absolute atomic E-state index is 13.4. The lowest BCUT2D eigenvalue weighted by molar-refractivity contribution is 0.103. The molecule has 2 aromatic rings. The lowest BCUT2D eigenvalue weighted by atomic mass is 9.93. The summed E-state index contributed by atoms with van der Waals surface area (Å²) in [6.07, 6.45) is 2.70. The molecular weight excluding hydrogens is 363 g/mol. The molecule has 0 aromatic heterocycles. The van der Waals surface area contributed by atoms with Gasteiger partial charge >= 0.3 is 0 Å². The number of ketones is 1. The predicted octanol–water partition coefficient (Wildman–Crippen LogP) is 5.47. The minimum atomic E-state index is -0.230. The number of rotatable bonds is 10. The van der Waals surface area contributed by atoms with Crippen LogP contribution in [0.15, 0.2) is 36.4 Å². The molecular formula is C21H25O5P. The summed E-state index contributed by atoms with van der Waals surface area (Å²) in [7, 11) is 4.54. The van der Waals surface area contributed by atoms with Gasteiger partial charge in [-0.1, -0.05) is 44.0 Å². The lowest BCUT2D eigenvalue weighted by Crippen LogP contribution is -2.10. The number of hydrogen-bond donors (Lipinski definition) is 0. The van der Waals surface area contributed by atoms with E-state index in [9.17, 15) is 9.36 Å². The van der Waals surface area contributed by atoms with Gasteiger partial charge in [-0.05, 0) is 12.0 Å². The summed E-state index contributed by atoms with van der Waals surface area (Å²) in [5, 5.41) is 0. The molecule has 0 saturated heterocycles. The smallest absolute Gasteiger partial charge is 0.200 e. The van der Waals surface area contributed by atoms with Gasteiger partial charge in [-0.3, -0.25) is 9.36 Å². The van der Waals surface area contributed by atoms with Crippen molar-refractivity contribution in [3.63, 3.8) is 0 Å². The Labute approximate surface area is 161 Å². The van der Waals surface area contributed by atoms with E-state index in [1.807, 2.05) is 12.1 Å². The normalized spacial score (nSPS) is 11.9. The molecule has 0 spiro atoms. The van der Waals surface area contributed by atoms with Gasteiger partial charge in [0.1, 0.15) is 22.8 Å². The number of unbranched alkanes of at least 4 members (excludes halogenated alkanes) is 1. The van der Waals surface area contributed by atoms with Gasteiger partial charge in [-0.2, -0.15) is 0 Å². The monoisotopic (exact) mass is 388 g/mol. The van der Waals surface area contributed by atoms with Crippen molar-refractivity contribution in [3.05, 3.63) is 53.1 Å². The number of carbonyl (C=O) groups excluding carboxylic acids is 1. The molecule has 0 radical (unpaired) electrons. The van der Waals surface area contributed by atoms with Gasteiger partial charge in [0.25, 0.3) is 0 Å². The maximum Gasteiger partial charge on any atom is 0.200 e. The van der Waals surface area contributed by atoms with Gasteiger partial charge in [-0.25, -0.2) is 0 Å². The van der Waals surface area contributed by atoms with Crippen molar-refractivity contribution in [2.24, 2.45) is 0 Å². The maximum atomic E-state index is 13.4. The summed E-state index contributed by atoms with van der Waals surface area (Å²) < 4.78 is 27.9. The average Bonchev–Trinajstić information content (AvgIpc) is 2.72. The van der Waals surface area contributed by atoms with Gasteiger partial charge in [-0.15, -0.1) is 0 Å². The third-order valence-corrected chi connectivity index (χ3v) is 5.26. The third kappa shape index (κ3) is 4.67. The van der Waals surface area contributed by atoms with E-state index >= 15 is 0 Å². The highest BCUT2D eigenvalue weighted by atomic mass is 31.1. The summed E-state index contributed by atoms with van der Waals surface area (Å²) in [6.45, 7) is 2.09. The topological polar surface area (TPSA) is 61.8 Å². The van der Waals surface area contributed by atoms with Crippen molar-refractivity contribution in [2.75, 3.05) is 21.3 Å². The molecule has 0 aliphatic carbocycles. The Morgan fingerprint density at radius 3 is 2.19 bits per heavy atom. The Balaban J connectivity index is 2.57. The van der Waals surface area contributed by atoms with E-state index in [1.165, 1.54) is 21.3 Å². The third-order valence-electron chi connectivity index (χ3n) is 4.46. The predicted molar refractivity (Wildman–Crippen MR) is 106 cm³/mol. The van der Waals surface area contributed by atoms with Gasteiger partial charge in [0.2, 0.25) is 5.78 Å². The Kier molecular flexibility index (Phi) is 7.81. The fourth-order valence-electron chi connectivity index (χ4n) is 3.02. The van der Waals surface area contributed by atoms with Crippen molar-refractivity contribution < 1.29 is 23.6 Å². The lowest BCUT2D eigenvalue weighted by Gasteiger charge is -2.17. The molecule has 0 saturated carbocycles. The minimum absolute atomic E-state index is 0.0111. The molecule has 27 heavy (non-hydrogen) atoms. The summed E-state index contributed by atoms with van der Waals surface area (Å²) in [5.74, 6) is 1.05. The largest absolute Gasteiger partial charge is 0.496 e. The van der Waals surface area contributed by atoms with E-state index in [0.717, 1.165) is 24.8 Å². The first-order chi connectivity index (χ1) is 13.1. The second-order valence-electron chi connectivity index (χ2n) is 6.09. The molecule has 5 nitrogen and oxygen atoms in total. The van der Waals surface area contributed by atoms with Crippen molar-refractivity contribution in [2.45, 2.75) is 31.8 Å². The van der Waals surface area contributed by atoms with Crippen LogP contribution in [0.5, 0.6) is 17.2 Å². The number of methoxy groups -OCH3 is 3. The SMILES string of the molecule is CCCCC(P=O)c1ccccc1C(=O)c1c(OC)cc(OC)cc1OC. The van der Waals surface area contributed by atoms with E-state index in [0.29, 0.717) is 28.4 Å². The van der Waals surface area contributed by atoms with E-state index in [-0.39, 0.29) is 19.9 Å². The number of benzene rings is 2. The van der Waals surface area contributed by atoms with Crippen LogP contribution < -0.4 is 14.2 Å². The second kappa shape index (κ2) is 10.1. The van der Waals surface area contributed by atoms with Crippen LogP contribution in [0.3, 0.4) is 0 Å². The molecule has 1 atom stereocenters. The van der Waals surface area contributed by atoms with Crippen LogP contribution in [0.4, 0.5) is 0 Å². The van der Waals surface area contributed by atoms with Crippen molar-refractivity contribution >= 4 is 14.2 Å². The molecule has 0 bridgehead atoms. The summed E-state index contributed by atoms with van der Waals surface area (Å²) >= 11 is 0. The Hall–Kier alpha value is -2.39. The fourth-order valence-corrected chi connectivity index (χ4v) is 3.65. The average molecular weight is 388 g/mol. The van der Waals surface area contributed by atoms with Crippen molar-refractivity contribution in [3.8, 4) is 17.2 Å². The highest BCUT2D eigenvalue weighted by molar-refractivity contribution is 7.24. The zero-order valence-corrected chi connectivity index (χ0v) is 17.0. The number of hydrogen-bond acceptors (Lipinski definition) is 5. The van der Waals surface area contributed by atoms with E-state index in [4.69, 9.17) is 14.2 Å². The van der Waals surface area contributed by atoms with E-state index in [1.54, 1.807) is 24.3 Å². The molecule has 2 aromatic carbocycles. The fraction of sp³-hybridized carbons (Fsp3) is 0.381. The first-order valence-corrected chi connectivity index (χ1v) is 9.75. The molecule has 6 heteroatoms. The Morgan fingerprint density at radius 1 is 1.04 bits per heavy atom. The molecule has 0 aliphatic rings. The van der Waals surface area contributed by atoms with Gasteiger partial charge in [0.15, 0.2) is 8.46 Å². The molecule has 2 rings (SSSR count). The molecule has 1 unspecified atom stereocenters. The van der Waals surface area contributed by atoms with Gasteiger partial charge in [0, 0.05) is 17.7 Å². The zero-order valence-electron chi connectivity index (χ0n) is 16.2. The summed E-state index contributed by atoms with van der Waals surface area (Å²) in [5.41, 5.74) is 1.38. The quantitative estimate of drug-likeness (QED) is 0.399. The standard InChI is InChI=1S/C21H25O5P/c1-5-6-11-19(27-23)15-9-7-8-10-16(15)21(22)20-17(25-3)12-14(24-2)13-18(20)26-4/h7-10,12-13,19H,5-6,11H2,1-4H3. The first kappa shape index (κ1) is 20.9. The summed E-state index contributed by atoms with van der Waals surface area (Å²) in [4.78, 5) is 13.4. The first-order valence-electron chi connectivity index (χ1n) is 8.87. The van der Waals surface area contributed by atoms with Gasteiger partial charge in [0.05, 0.1) is 27.0 Å². The summed E-state index contributed by atoms with van der Waals surface area (Å²) in [6, 6.07) is 10.6. The van der Waals surface area contributed by atoms with Crippen LogP contribution in [0.25, 0.3) is 0 Å². The molecule has 0 aliphatic heterocycles. The number of ether oxygens (including phenoxy) is 3. The van der Waals surface area contributed by atoms with E-state index < -0.39 is 0 Å². The van der Waals surface area contributed by atoms with Crippen LogP contribution in [0, 0.1) is 0 Å². The molecule has 0 amide bonds. The van der Waals surface area contributed by atoms with Crippen molar-refractivity contribution in [1.29, 1.82) is 0 Å². The van der Waals surface area contributed by atoms with Crippen LogP contribution in [0.2, 0.25) is 0 Å². The van der Waals surface area contributed by atoms with Crippen molar-refractivity contribution in [1.82, 2.24) is 0 Å². The van der Waals surface area contributed by atoms with Crippen LogP contribution in [-0.2, 0) is 4.57 Å². The molecule has 144 valence electrons. The highest BCUT2D eigenvalue weighted by Crippen LogP contribution is 2.39. The second-order valence-corrected chi connectivity index (χ2v) is 6.92. The van der Waals surface area contributed by atoms with Crippen LogP contribution >= 0.6 is 8.46 Å². The highest BCUT2D eigenvalue weighted by Gasteiger charge is 2.26. The van der Waals surface area contributed by atoms with Gasteiger partial charge < -0.3 is 14.2 Å². The van der Waals surface area contributed by atoms with Crippen LogP contribution in [0.1, 0.15) is 53.3 Å². The molecule has 0 heterocycles. The minimum Gasteiger partial charge on any atom is -0.496 e. The zero-order chi connectivity index (χ0) is 19.8.